The molecular formula is C25H31NO3. The van der Waals surface area contributed by atoms with E-state index < -0.39 is 5.97 Å². The number of rotatable bonds is 11. The molecule has 154 valence electrons. The maximum Gasteiger partial charge on any atom is 0.328 e. The molecule has 0 aliphatic carbocycles. The molecule has 0 fully saturated rings. The SMILES string of the molecule is CCCCCCCC(=O)N(C)Cc1cccc(-c2ccc(/C=C/C(=O)O)cc2)c1. The van der Waals surface area contributed by atoms with E-state index in [0.717, 1.165) is 41.2 Å². The summed E-state index contributed by atoms with van der Waals surface area (Å²) >= 11 is 0. The van der Waals surface area contributed by atoms with Gasteiger partial charge in [-0.15, -0.1) is 0 Å². The summed E-state index contributed by atoms with van der Waals surface area (Å²) < 4.78 is 0. The van der Waals surface area contributed by atoms with E-state index in [1.54, 1.807) is 11.0 Å². The minimum atomic E-state index is -0.957. The van der Waals surface area contributed by atoms with E-state index in [1.807, 2.05) is 49.5 Å². The monoisotopic (exact) mass is 393 g/mol. The van der Waals surface area contributed by atoms with Crippen LogP contribution in [0.3, 0.4) is 0 Å². The van der Waals surface area contributed by atoms with Crippen LogP contribution in [0, 0.1) is 0 Å². The summed E-state index contributed by atoms with van der Waals surface area (Å²) in [5.41, 5.74) is 4.08. The molecule has 0 heterocycles. The Kier molecular flexibility index (Phi) is 9.16. The van der Waals surface area contributed by atoms with Crippen LogP contribution >= 0.6 is 0 Å². The predicted octanol–water partition coefficient (Wildman–Crippen LogP) is 5.77. The number of unbranched alkanes of at least 4 members (excludes halogenated alkanes) is 4. The first-order valence-electron chi connectivity index (χ1n) is 10.3. The van der Waals surface area contributed by atoms with Crippen LogP contribution in [-0.4, -0.2) is 28.9 Å². The highest BCUT2D eigenvalue weighted by Gasteiger charge is 2.09. The maximum absolute atomic E-state index is 12.4. The molecule has 0 spiro atoms. The van der Waals surface area contributed by atoms with E-state index in [9.17, 15) is 9.59 Å². The highest BCUT2D eigenvalue weighted by molar-refractivity contribution is 5.85. The van der Waals surface area contributed by atoms with Crippen molar-refractivity contribution in [1.82, 2.24) is 4.90 Å². The van der Waals surface area contributed by atoms with E-state index >= 15 is 0 Å². The molecule has 2 aromatic carbocycles. The first kappa shape index (κ1) is 22.4. The zero-order chi connectivity index (χ0) is 21.1. The summed E-state index contributed by atoms with van der Waals surface area (Å²) in [4.78, 5) is 24.8. The number of carbonyl (C=O) groups is 2. The van der Waals surface area contributed by atoms with Crippen molar-refractivity contribution in [3.8, 4) is 11.1 Å². The van der Waals surface area contributed by atoms with E-state index in [4.69, 9.17) is 5.11 Å². The topological polar surface area (TPSA) is 57.6 Å². The van der Waals surface area contributed by atoms with Gasteiger partial charge in [-0.1, -0.05) is 75.1 Å². The Bertz CT molecular complexity index is 824. The number of carbonyl (C=O) groups excluding carboxylic acids is 1. The van der Waals surface area contributed by atoms with Crippen LogP contribution in [0.5, 0.6) is 0 Å². The maximum atomic E-state index is 12.4. The van der Waals surface area contributed by atoms with Crippen LogP contribution in [0.1, 0.15) is 56.6 Å². The molecule has 0 saturated carbocycles. The smallest absolute Gasteiger partial charge is 0.328 e. The molecule has 2 aromatic rings. The van der Waals surface area contributed by atoms with Crippen LogP contribution < -0.4 is 0 Å². The third kappa shape index (κ3) is 7.94. The van der Waals surface area contributed by atoms with Crippen molar-refractivity contribution in [2.24, 2.45) is 0 Å². The Morgan fingerprint density at radius 2 is 1.69 bits per heavy atom. The Labute approximate surface area is 173 Å². The van der Waals surface area contributed by atoms with Gasteiger partial charge in [0.05, 0.1) is 0 Å². The van der Waals surface area contributed by atoms with Crippen LogP contribution in [0.2, 0.25) is 0 Å². The van der Waals surface area contributed by atoms with Gasteiger partial charge < -0.3 is 10.0 Å². The third-order valence-electron chi connectivity index (χ3n) is 4.93. The van der Waals surface area contributed by atoms with Crippen molar-refractivity contribution < 1.29 is 14.7 Å². The lowest BCUT2D eigenvalue weighted by atomic mass is 10.0. The second-order valence-electron chi connectivity index (χ2n) is 7.41. The van der Waals surface area contributed by atoms with Gasteiger partial charge in [0.1, 0.15) is 0 Å². The van der Waals surface area contributed by atoms with E-state index in [-0.39, 0.29) is 5.91 Å². The van der Waals surface area contributed by atoms with Crippen molar-refractivity contribution in [1.29, 1.82) is 0 Å². The molecule has 0 aliphatic heterocycles. The van der Waals surface area contributed by atoms with Gasteiger partial charge >= 0.3 is 5.97 Å². The summed E-state index contributed by atoms with van der Waals surface area (Å²) in [7, 11) is 1.87. The molecule has 2 rings (SSSR count). The molecule has 0 aromatic heterocycles. The van der Waals surface area contributed by atoms with E-state index in [1.165, 1.54) is 19.3 Å². The molecule has 0 saturated heterocycles. The van der Waals surface area contributed by atoms with Crippen LogP contribution in [0.25, 0.3) is 17.2 Å². The lowest BCUT2D eigenvalue weighted by Crippen LogP contribution is -2.25. The fraction of sp³-hybridized carbons (Fsp3) is 0.360. The molecule has 4 nitrogen and oxygen atoms in total. The molecule has 0 radical (unpaired) electrons. The number of nitrogens with zero attached hydrogens (tertiary/aromatic N) is 1. The molecule has 1 amide bonds. The van der Waals surface area contributed by atoms with Crippen LogP contribution in [-0.2, 0) is 16.1 Å². The summed E-state index contributed by atoms with van der Waals surface area (Å²) in [6, 6.07) is 15.9. The Hall–Kier alpha value is -2.88. The molecule has 4 heteroatoms. The standard InChI is InChI=1S/C25H31NO3/c1-3-4-5-6-7-11-24(27)26(2)19-21-9-8-10-23(18-21)22-15-12-20(13-16-22)14-17-25(28)29/h8-10,12-18H,3-7,11,19H2,1-2H3,(H,28,29)/b17-14+. The van der Waals surface area contributed by atoms with Gasteiger partial charge in [0, 0.05) is 26.1 Å². The normalized spacial score (nSPS) is 11.0. The minimum Gasteiger partial charge on any atom is -0.478 e. The lowest BCUT2D eigenvalue weighted by Gasteiger charge is -2.18. The van der Waals surface area contributed by atoms with Crippen LogP contribution in [0.4, 0.5) is 0 Å². The van der Waals surface area contributed by atoms with Crippen molar-refractivity contribution in [2.75, 3.05) is 7.05 Å². The Morgan fingerprint density at radius 1 is 0.966 bits per heavy atom. The predicted molar refractivity (Wildman–Crippen MR) is 118 cm³/mol. The molecule has 29 heavy (non-hydrogen) atoms. The average molecular weight is 394 g/mol. The van der Waals surface area contributed by atoms with Gasteiger partial charge in [0.2, 0.25) is 5.91 Å². The van der Waals surface area contributed by atoms with Gasteiger partial charge in [-0.25, -0.2) is 4.79 Å². The van der Waals surface area contributed by atoms with Crippen molar-refractivity contribution in [3.05, 3.63) is 65.7 Å². The van der Waals surface area contributed by atoms with Crippen molar-refractivity contribution in [3.63, 3.8) is 0 Å². The number of benzene rings is 2. The Morgan fingerprint density at radius 3 is 2.38 bits per heavy atom. The lowest BCUT2D eigenvalue weighted by molar-refractivity contribution is -0.131. The molecule has 1 N–H and O–H groups in total. The van der Waals surface area contributed by atoms with Gasteiger partial charge in [-0.05, 0) is 40.8 Å². The highest BCUT2D eigenvalue weighted by Crippen LogP contribution is 2.22. The van der Waals surface area contributed by atoms with Gasteiger partial charge in [0.25, 0.3) is 0 Å². The number of hydrogen-bond donors (Lipinski definition) is 1. The minimum absolute atomic E-state index is 0.196. The van der Waals surface area contributed by atoms with Crippen molar-refractivity contribution >= 4 is 18.0 Å². The Balaban J connectivity index is 1.95. The second-order valence-corrected chi connectivity index (χ2v) is 7.41. The summed E-state index contributed by atoms with van der Waals surface area (Å²) in [5.74, 6) is -0.761. The average Bonchev–Trinajstić information content (AvgIpc) is 2.72. The third-order valence-corrected chi connectivity index (χ3v) is 4.93. The molecule has 0 atom stereocenters. The summed E-state index contributed by atoms with van der Waals surface area (Å²) in [6.07, 6.45) is 9.08. The first-order chi connectivity index (χ1) is 14.0. The van der Waals surface area contributed by atoms with E-state index in [0.29, 0.717) is 13.0 Å². The zero-order valence-corrected chi connectivity index (χ0v) is 17.4. The van der Waals surface area contributed by atoms with E-state index in [2.05, 4.69) is 13.0 Å². The number of carboxylic acids is 1. The molecule has 0 unspecified atom stereocenters. The number of hydrogen-bond acceptors (Lipinski definition) is 2. The molecule has 0 aliphatic rings. The quantitative estimate of drug-likeness (QED) is 0.389. The number of aliphatic carboxylic acids is 1. The van der Waals surface area contributed by atoms with Crippen molar-refractivity contribution in [2.45, 2.75) is 52.0 Å². The fourth-order valence-corrected chi connectivity index (χ4v) is 3.24. The number of amides is 1. The van der Waals surface area contributed by atoms with Crippen LogP contribution in [0.15, 0.2) is 54.6 Å². The summed E-state index contributed by atoms with van der Waals surface area (Å²) in [6.45, 7) is 2.79. The van der Waals surface area contributed by atoms with Gasteiger partial charge in [-0.2, -0.15) is 0 Å². The molecule has 0 bridgehead atoms. The summed E-state index contributed by atoms with van der Waals surface area (Å²) in [5, 5.41) is 8.72. The number of carboxylic acid groups (broad SMARTS) is 1. The molecular weight excluding hydrogens is 362 g/mol. The van der Waals surface area contributed by atoms with Gasteiger partial charge in [-0.3, -0.25) is 4.79 Å². The fourth-order valence-electron chi connectivity index (χ4n) is 3.24. The second kappa shape index (κ2) is 11.8. The van der Waals surface area contributed by atoms with Gasteiger partial charge in [0.15, 0.2) is 0 Å². The largest absolute Gasteiger partial charge is 0.478 e. The zero-order valence-electron chi connectivity index (χ0n) is 17.4. The highest BCUT2D eigenvalue weighted by atomic mass is 16.4. The first-order valence-corrected chi connectivity index (χ1v) is 10.3.